The molecule has 26 heavy (non-hydrogen) atoms. The molecule has 0 N–H and O–H groups in total. The molecule has 0 aliphatic carbocycles. The van der Waals surface area contributed by atoms with E-state index in [9.17, 15) is 4.79 Å². The zero-order valence-corrected chi connectivity index (χ0v) is 15.2. The van der Waals surface area contributed by atoms with Crippen LogP contribution in [0.2, 0.25) is 0 Å². The average molecular weight is 347 g/mol. The molecule has 0 spiro atoms. The maximum absolute atomic E-state index is 12.6. The molecular weight excluding hydrogens is 326 g/mol. The van der Waals surface area contributed by atoms with Crippen molar-refractivity contribution in [3.63, 3.8) is 0 Å². The van der Waals surface area contributed by atoms with Crippen LogP contribution in [-0.4, -0.2) is 22.7 Å². The monoisotopic (exact) mass is 347 g/mol. The summed E-state index contributed by atoms with van der Waals surface area (Å²) < 4.78 is 14.4. The van der Waals surface area contributed by atoms with Gasteiger partial charge in [0.15, 0.2) is 0 Å². The van der Waals surface area contributed by atoms with Crippen molar-refractivity contribution < 1.29 is 14.3 Å². The van der Waals surface area contributed by atoms with Crippen LogP contribution in [0.25, 0.3) is 10.9 Å². The molecule has 1 aromatic heterocycles. The number of benzene rings is 2. The van der Waals surface area contributed by atoms with E-state index in [1.54, 1.807) is 6.92 Å². The second-order valence-corrected chi connectivity index (χ2v) is 7.72. The number of nitrogens with zero attached hydrogens (tertiary/aromatic N) is 1. The van der Waals surface area contributed by atoms with Gasteiger partial charge in [0.25, 0.3) is 0 Å². The number of aromatic nitrogens is 1. The molecule has 0 fully saturated rings. The highest BCUT2D eigenvalue weighted by Crippen LogP contribution is 2.55. The fourth-order valence-corrected chi connectivity index (χ4v) is 4.60. The largest absolute Gasteiger partial charge is 0.493 e. The molecule has 2 aliphatic heterocycles. The second kappa shape index (κ2) is 5.13. The molecule has 3 heterocycles. The van der Waals surface area contributed by atoms with Crippen molar-refractivity contribution in [1.82, 2.24) is 4.57 Å². The first-order valence-corrected chi connectivity index (χ1v) is 9.04. The Morgan fingerprint density at radius 2 is 1.85 bits per heavy atom. The summed E-state index contributed by atoms with van der Waals surface area (Å²) >= 11 is 0. The predicted molar refractivity (Wildman–Crippen MR) is 100 cm³/mol. The third-order valence-electron chi connectivity index (χ3n) is 5.81. The van der Waals surface area contributed by atoms with Gasteiger partial charge in [-0.2, -0.15) is 0 Å². The van der Waals surface area contributed by atoms with E-state index in [1.165, 1.54) is 0 Å². The normalized spacial score (nSPS) is 22.6. The Balaban J connectivity index is 1.90. The van der Waals surface area contributed by atoms with Crippen LogP contribution in [-0.2, 0) is 0 Å². The topological polar surface area (TPSA) is 40.5 Å². The summed E-state index contributed by atoms with van der Waals surface area (Å²) in [6.45, 7) is 6.43. The van der Waals surface area contributed by atoms with Crippen LogP contribution in [0.4, 0.5) is 0 Å². The molecule has 0 saturated heterocycles. The lowest BCUT2D eigenvalue weighted by Gasteiger charge is -2.46. The minimum Gasteiger partial charge on any atom is -0.493 e. The standard InChI is InChI=1S/C22H21NO3/c1-13(24)23-17-10-6-4-8-14(17)21-20(23)19-15-9-5-7-11-18(15)25-12-16(19)22(2,3)26-21/h4-11,16,19H,12H2,1-3H3/t16-,19-/m0/s1. The lowest BCUT2D eigenvalue weighted by atomic mass is 9.71. The van der Waals surface area contributed by atoms with Crippen molar-refractivity contribution in [3.8, 4) is 11.5 Å². The van der Waals surface area contributed by atoms with Crippen LogP contribution in [0.5, 0.6) is 11.5 Å². The summed E-state index contributed by atoms with van der Waals surface area (Å²) in [6.07, 6.45) is 0. The summed E-state index contributed by atoms with van der Waals surface area (Å²) in [4.78, 5) is 12.6. The van der Waals surface area contributed by atoms with Gasteiger partial charge in [-0.15, -0.1) is 0 Å². The van der Waals surface area contributed by atoms with Gasteiger partial charge in [-0.1, -0.05) is 30.3 Å². The van der Waals surface area contributed by atoms with Crippen molar-refractivity contribution >= 4 is 16.8 Å². The van der Waals surface area contributed by atoms with Crippen LogP contribution in [0.1, 0.15) is 42.7 Å². The van der Waals surface area contributed by atoms with Gasteiger partial charge in [0.1, 0.15) is 17.1 Å². The number of rotatable bonds is 0. The lowest BCUT2D eigenvalue weighted by molar-refractivity contribution is -0.0142. The number of carbonyl (C=O) groups excluding carboxylic acids is 1. The second-order valence-electron chi connectivity index (χ2n) is 7.72. The number of carbonyl (C=O) groups is 1. The summed E-state index contributed by atoms with van der Waals surface area (Å²) in [7, 11) is 0. The van der Waals surface area contributed by atoms with Crippen molar-refractivity contribution in [2.75, 3.05) is 6.61 Å². The van der Waals surface area contributed by atoms with Crippen molar-refractivity contribution in [2.45, 2.75) is 32.3 Å². The molecular formula is C22H21NO3. The molecule has 0 amide bonds. The van der Waals surface area contributed by atoms with Crippen LogP contribution in [0.3, 0.4) is 0 Å². The minimum absolute atomic E-state index is 0.00785. The van der Waals surface area contributed by atoms with Gasteiger partial charge in [-0.3, -0.25) is 9.36 Å². The molecule has 0 saturated carbocycles. The quantitative estimate of drug-likeness (QED) is 0.596. The van der Waals surface area contributed by atoms with Gasteiger partial charge in [0, 0.05) is 29.7 Å². The zero-order valence-electron chi connectivity index (χ0n) is 15.2. The van der Waals surface area contributed by atoms with Gasteiger partial charge in [-0.05, 0) is 32.0 Å². The number of fused-ring (bicyclic) bond motifs is 7. The first kappa shape index (κ1) is 15.5. The van der Waals surface area contributed by atoms with Gasteiger partial charge in [0.05, 0.1) is 17.8 Å². The maximum atomic E-state index is 12.6. The molecule has 2 aliphatic rings. The molecule has 4 nitrogen and oxygen atoms in total. The van der Waals surface area contributed by atoms with Crippen molar-refractivity contribution in [3.05, 3.63) is 59.8 Å². The Morgan fingerprint density at radius 1 is 1.12 bits per heavy atom. The zero-order chi connectivity index (χ0) is 18.1. The highest BCUT2D eigenvalue weighted by atomic mass is 16.5. The maximum Gasteiger partial charge on any atom is 0.228 e. The fraction of sp³-hybridized carbons (Fsp3) is 0.318. The minimum atomic E-state index is -0.392. The Morgan fingerprint density at radius 3 is 2.65 bits per heavy atom. The van der Waals surface area contributed by atoms with E-state index < -0.39 is 5.60 Å². The Labute approximate surface area is 152 Å². The van der Waals surface area contributed by atoms with E-state index in [-0.39, 0.29) is 17.7 Å². The van der Waals surface area contributed by atoms with Gasteiger partial charge >= 0.3 is 0 Å². The fourth-order valence-electron chi connectivity index (χ4n) is 4.60. The predicted octanol–water partition coefficient (Wildman–Crippen LogP) is 4.61. The molecule has 0 radical (unpaired) electrons. The van der Waals surface area contributed by atoms with E-state index in [1.807, 2.05) is 47.0 Å². The molecule has 3 aromatic rings. The number of ether oxygens (including phenoxy) is 2. The SMILES string of the molecule is CC(=O)n1c2c(c3ccccc31)OC(C)(C)[C@H]1COc3ccccc3[C@H]21. The first-order chi connectivity index (χ1) is 12.5. The van der Waals surface area contributed by atoms with Gasteiger partial charge in [-0.25, -0.2) is 0 Å². The molecule has 2 aromatic carbocycles. The molecule has 4 heteroatoms. The van der Waals surface area contributed by atoms with E-state index in [4.69, 9.17) is 9.47 Å². The van der Waals surface area contributed by atoms with Crippen LogP contribution < -0.4 is 9.47 Å². The molecule has 0 unspecified atom stereocenters. The Bertz CT molecular complexity index is 1050. The van der Waals surface area contributed by atoms with Crippen molar-refractivity contribution in [2.24, 2.45) is 5.92 Å². The number of para-hydroxylation sites is 2. The highest BCUT2D eigenvalue weighted by Gasteiger charge is 2.50. The van der Waals surface area contributed by atoms with Crippen LogP contribution in [0.15, 0.2) is 48.5 Å². The summed E-state index contributed by atoms with van der Waals surface area (Å²) in [5.74, 6) is 1.94. The molecule has 5 rings (SSSR count). The summed E-state index contributed by atoms with van der Waals surface area (Å²) in [5, 5.41) is 0.994. The first-order valence-electron chi connectivity index (χ1n) is 9.04. The van der Waals surface area contributed by atoms with E-state index >= 15 is 0 Å². The molecule has 2 atom stereocenters. The number of hydrogen-bond acceptors (Lipinski definition) is 3. The van der Waals surface area contributed by atoms with Gasteiger partial charge < -0.3 is 9.47 Å². The Hall–Kier alpha value is -2.75. The third kappa shape index (κ3) is 1.93. The third-order valence-corrected chi connectivity index (χ3v) is 5.81. The van der Waals surface area contributed by atoms with E-state index in [0.717, 1.165) is 33.7 Å². The highest BCUT2D eigenvalue weighted by molar-refractivity contribution is 5.98. The average Bonchev–Trinajstić information content (AvgIpc) is 2.95. The Kier molecular flexibility index (Phi) is 3.06. The van der Waals surface area contributed by atoms with E-state index in [0.29, 0.717) is 6.61 Å². The number of hydrogen-bond donors (Lipinski definition) is 0. The summed E-state index contributed by atoms with van der Waals surface area (Å²) in [6, 6.07) is 16.1. The van der Waals surface area contributed by atoms with E-state index in [2.05, 4.69) is 19.9 Å². The van der Waals surface area contributed by atoms with Crippen LogP contribution >= 0.6 is 0 Å². The van der Waals surface area contributed by atoms with Crippen molar-refractivity contribution in [1.29, 1.82) is 0 Å². The molecule has 0 bridgehead atoms. The van der Waals surface area contributed by atoms with Gasteiger partial charge in [0.2, 0.25) is 5.91 Å². The van der Waals surface area contributed by atoms with Crippen LogP contribution in [0, 0.1) is 5.92 Å². The smallest absolute Gasteiger partial charge is 0.228 e. The lowest BCUT2D eigenvalue weighted by Crippen LogP contribution is -2.49. The summed E-state index contributed by atoms with van der Waals surface area (Å²) in [5.41, 5.74) is 2.60. The molecule has 132 valence electrons.